The van der Waals surface area contributed by atoms with Crippen molar-refractivity contribution >= 4 is 35.1 Å². The molecule has 0 N–H and O–H groups in total. The van der Waals surface area contributed by atoms with Gasteiger partial charge >= 0.3 is 6.09 Å². The summed E-state index contributed by atoms with van der Waals surface area (Å²) in [5.74, 6) is 0.584. The van der Waals surface area contributed by atoms with E-state index in [4.69, 9.17) is 27.9 Å². The number of ether oxygens (including phenoxy) is 1. The van der Waals surface area contributed by atoms with Gasteiger partial charge in [-0.1, -0.05) is 23.2 Å². The van der Waals surface area contributed by atoms with Gasteiger partial charge in [0.15, 0.2) is 12.4 Å². The first-order valence-electron chi connectivity index (χ1n) is 4.81. The van der Waals surface area contributed by atoms with Crippen molar-refractivity contribution in [1.82, 2.24) is 9.88 Å². The van der Waals surface area contributed by atoms with E-state index in [-0.39, 0.29) is 11.8 Å². The highest BCUT2D eigenvalue weighted by Gasteiger charge is 2.18. The summed E-state index contributed by atoms with van der Waals surface area (Å²) < 4.78 is 4.72. The number of carbonyl (C=O) groups is 1. The number of aromatic nitrogens is 1. The van der Waals surface area contributed by atoms with E-state index in [2.05, 4.69) is 9.98 Å². The highest BCUT2D eigenvalue weighted by molar-refractivity contribution is 6.41. The number of pyridine rings is 1. The Morgan fingerprint density at radius 1 is 1.53 bits per heavy atom. The molecule has 0 atom stereocenters. The lowest BCUT2D eigenvalue weighted by Crippen LogP contribution is -2.27. The van der Waals surface area contributed by atoms with Gasteiger partial charge in [0.2, 0.25) is 0 Å². The maximum atomic E-state index is 10.8. The van der Waals surface area contributed by atoms with Crippen LogP contribution < -0.4 is 0 Å². The molecule has 0 fully saturated rings. The van der Waals surface area contributed by atoms with E-state index in [9.17, 15) is 4.79 Å². The summed E-state index contributed by atoms with van der Waals surface area (Å²) >= 11 is 11.6. The normalized spacial score (nSPS) is 14.5. The van der Waals surface area contributed by atoms with Crippen molar-refractivity contribution < 1.29 is 9.53 Å². The second kappa shape index (κ2) is 4.89. The van der Waals surface area contributed by atoms with Crippen LogP contribution in [0.2, 0.25) is 10.2 Å². The minimum Gasteiger partial charge on any atom is -0.440 e. The molecule has 1 aromatic rings. The molecular formula is C10H9Cl2N3O2. The molecule has 1 aliphatic rings. The molecule has 1 aromatic heterocycles. The number of halogens is 2. The van der Waals surface area contributed by atoms with Gasteiger partial charge in [-0.05, 0) is 11.6 Å². The monoisotopic (exact) mass is 273 g/mol. The van der Waals surface area contributed by atoms with E-state index in [1.54, 1.807) is 17.2 Å². The number of nitrogens with zero attached hydrogens (tertiary/aromatic N) is 3. The van der Waals surface area contributed by atoms with Gasteiger partial charge in [0.25, 0.3) is 0 Å². The van der Waals surface area contributed by atoms with Crippen molar-refractivity contribution in [2.45, 2.75) is 6.54 Å². The topological polar surface area (TPSA) is 54.8 Å². The van der Waals surface area contributed by atoms with Crippen LogP contribution in [0.4, 0.5) is 4.79 Å². The van der Waals surface area contributed by atoms with Gasteiger partial charge in [-0.2, -0.15) is 4.99 Å². The molecule has 17 heavy (non-hydrogen) atoms. The summed E-state index contributed by atoms with van der Waals surface area (Å²) in [7, 11) is 1.81. The minimum absolute atomic E-state index is 0.198. The molecule has 1 amide bonds. The van der Waals surface area contributed by atoms with Crippen molar-refractivity contribution in [2.75, 3.05) is 13.7 Å². The van der Waals surface area contributed by atoms with Gasteiger partial charge in [-0.3, -0.25) is 0 Å². The van der Waals surface area contributed by atoms with E-state index in [1.165, 1.54) is 0 Å². The van der Waals surface area contributed by atoms with Crippen molar-refractivity contribution in [1.29, 1.82) is 0 Å². The van der Waals surface area contributed by atoms with Crippen LogP contribution in [-0.2, 0) is 11.3 Å². The van der Waals surface area contributed by atoms with Crippen LogP contribution >= 0.6 is 23.2 Å². The Bertz CT molecular complexity index is 490. The molecular weight excluding hydrogens is 265 g/mol. The number of rotatable bonds is 2. The number of amidine groups is 1. The summed E-state index contributed by atoms with van der Waals surface area (Å²) in [6.07, 6.45) is 1.07. The predicted molar refractivity (Wildman–Crippen MR) is 64.5 cm³/mol. The summed E-state index contributed by atoms with van der Waals surface area (Å²) in [6, 6.07) is 1.73. The zero-order valence-corrected chi connectivity index (χ0v) is 10.5. The van der Waals surface area contributed by atoms with Crippen LogP contribution in [0.15, 0.2) is 17.3 Å². The van der Waals surface area contributed by atoms with Crippen molar-refractivity contribution in [3.05, 3.63) is 28.0 Å². The molecule has 0 unspecified atom stereocenters. The average Bonchev–Trinajstić information content (AvgIpc) is 2.70. The highest BCUT2D eigenvalue weighted by atomic mass is 35.5. The summed E-state index contributed by atoms with van der Waals surface area (Å²) in [4.78, 5) is 20.3. The van der Waals surface area contributed by atoms with Crippen molar-refractivity contribution in [3.63, 3.8) is 0 Å². The van der Waals surface area contributed by atoms with E-state index in [0.29, 0.717) is 17.4 Å². The summed E-state index contributed by atoms with van der Waals surface area (Å²) in [5, 5.41) is 0.674. The zero-order valence-electron chi connectivity index (χ0n) is 8.98. The van der Waals surface area contributed by atoms with E-state index >= 15 is 0 Å². The lowest BCUT2D eigenvalue weighted by Gasteiger charge is -2.17. The molecule has 5 nitrogen and oxygen atoms in total. The standard InChI is InChI=1S/C10H9Cl2N3O2/c1-15(8-5-17-10(16)14-8)4-6-2-7(11)9(12)13-3-6/h2-3H,4-5H2,1H3. The quantitative estimate of drug-likeness (QED) is 0.777. The summed E-state index contributed by atoms with van der Waals surface area (Å²) in [5.41, 5.74) is 0.879. The van der Waals surface area contributed by atoms with Crippen molar-refractivity contribution in [2.24, 2.45) is 4.99 Å². The maximum Gasteiger partial charge on any atom is 0.435 e. The molecule has 0 bridgehead atoms. The highest BCUT2D eigenvalue weighted by Crippen LogP contribution is 2.20. The molecule has 0 radical (unpaired) electrons. The number of amides is 1. The summed E-state index contributed by atoms with van der Waals surface area (Å²) in [6.45, 7) is 0.726. The number of hydrogen-bond donors (Lipinski definition) is 0. The molecule has 2 rings (SSSR count). The largest absolute Gasteiger partial charge is 0.440 e. The average molecular weight is 274 g/mol. The molecule has 2 heterocycles. The molecule has 0 spiro atoms. The molecule has 0 aromatic carbocycles. The van der Waals surface area contributed by atoms with Gasteiger partial charge in [-0.15, -0.1) is 0 Å². The fraction of sp³-hybridized carbons (Fsp3) is 0.300. The number of hydrogen-bond acceptors (Lipinski definition) is 4. The molecule has 7 heteroatoms. The number of carbonyl (C=O) groups excluding carboxylic acids is 1. The predicted octanol–water partition coefficient (Wildman–Crippen LogP) is 2.37. The zero-order chi connectivity index (χ0) is 12.4. The number of aliphatic imine (C=N–C) groups is 1. The Hall–Kier alpha value is -1.33. The Morgan fingerprint density at radius 2 is 2.29 bits per heavy atom. The van der Waals surface area contributed by atoms with Crippen LogP contribution in [0.5, 0.6) is 0 Å². The molecule has 0 saturated heterocycles. The molecule has 0 aliphatic carbocycles. The van der Waals surface area contributed by atoms with Crippen molar-refractivity contribution in [3.8, 4) is 0 Å². The molecule has 0 saturated carbocycles. The second-order valence-electron chi connectivity index (χ2n) is 3.55. The van der Waals surface area contributed by atoms with Gasteiger partial charge in [0, 0.05) is 19.8 Å². The van der Waals surface area contributed by atoms with E-state index < -0.39 is 6.09 Å². The molecule has 1 aliphatic heterocycles. The van der Waals surface area contributed by atoms with Crippen LogP contribution in [0.1, 0.15) is 5.56 Å². The Morgan fingerprint density at radius 3 is 2.88 bits per heavy atom. The van der Waals surface area contributed by atoms with Crippen LogP contribution in [0.3, 0.4) is 0 Å². The smallest absolute Gasteiger partial charge is 0.435 e. The van der Waals surface area contributed by atoms with Crippen LogP contribution in [-0.4, -0.2) is 35.5 Å². The van der Waals surface area contributed by atoms with E-state index in [0.717, 1.165) is 5.56 Å². The Kier molecular flexibility index (Phi) is 3.49. The third-order valence-corrected chi connectivity index (χ3v) is 2.94. The maximum absolute atomic E-state index is 10.8. The third-order valence-electron chi connectivity index (χ3n) is 2.26. The Labute approximate surface area is 108 Å². The van der Waals surface area contributed by atoms with Crippen LogP contribution in [0.25, 0.3) is 0 Å². The van der Waals surface area contributed by atoms with Gasteiger partial charge < -0.3 is 9.64 Å². The SMILES string of the molecule is CN(Cc1cnc(Cl)c(Cl)c1)C1=NC(=O)OC1. The van der Waals surface area contributed by atoms with Gasteiger partial charge in [0.05, 0.1) is 5.02 Å². The fourth-order valence-electron chi connectivity index (χ4n) is 1.40. The minimum atomic E-state index is -0.556. The first-order chi connectivity index (χ1) is 8.06. The van der Waals surface area contributed by atoms with Gasteiger partial charge in [0.1, 0.15) is 5.15 Å². The number of cyclic esters (lactones) is 1. The van der Waals surface area contributed by atoms with E-state index in [1.807, 2.05) is 7.05 Å². The van der Waals surface area contributed by atoms with Crippen LogP contribution in [0, 0.1) is 0 Å². The molecule has 90 valence electrons. The number of likely N-dealkylation sites (N-methyl/N-ethyl adjacent to an activating group) is 1. The first kappa shape index (κ1) is 12.1. The first-order valence-corrected chi connectivity index (χ1v) is 5.57. The lowest BCUT2D eigenvalue weighted by atomic mass is 10.2. The lowest BCUT2D eigenvalue weighted by molar-refractivity contribution is 0.180. The van der Waals surface area contributed by atoms with Gasteiger partial charge in [-0.25, -0.2) is 9.78 Å². The Balaban J connectivity index is 2.08. The fourth-order valence-corrected chi connectivity index (χ4v) is 1.70. The third kappa shape index (κ3) is 2.87. The second-order valence-corrected chi connectivity index (χ2v) is 4.32.